The van der Waals surface area contributed by atoms with Crippen molar-refractivity contribution >= 4 is 34.0 Å². The van der Waals surface area contributed by atoms with E-state index in [1.165, 1.54) is 6.26 Å². The number of pyridine rings is 1. The molecule has 1 amide bonds. The Balaban J connectivity index is 1.48. The number of rotatable bonds is 5. The summed E-state index contributed by atoms with van der Waals surface area (Å²) in [5.41, 5.74) is 4.36. The van der Waals surface area contributed by atoms with E-state index < -0.39 is 0 Å². The molecule has 0 saturated heterocycles. The molecule has 0 aliphatic heterocycles. The van der Waals surface area contributed by atoms with Crippen LogP contribution in [0, 0.1) is 0 Å². The minimum Gasteiger partial charge on any atom is -0.459 e. The zero-order valence-electron chi connectivity index (χ0n) is 16.3. The van der Waals surface area contributed by atoms with E-state index in [2.05, 4.69) is 25.6 Å². The van der Waals surface area contributed by atoms with Gasteiger partial charge in [0.2, 0.25) is 5.89 Å². The highest BCUT2D eigenvalue weighted by molar-refractivity contribution is 6.03. The minimum absolute atomic E-state index is 0.269. The van der Waals surface area contributed by atoms with Crippen molar-refractivity contribution in [3.8, 4) is 11.5 Å². The fraction of sp³-hybridized carbons (Fsp3) is 0.143. The number of oxazole rings is 1. The number of aromatic nitrogens is 4. The molecule has 0 fully saturated rings. The summed E-state index contributed by atoms with van der Waals surface area (Å²) < 4.78 is 13.0. The maximum Gasteiger partial charge on any atom is 0.287 e. The maximum absolute atomic E-state index is 12.1. The number of carbonyl (C=O) groups is 1. The fourth-order valence-corrected chi connectivity index (χ4v) is 3.37. The summed E-state index contributed by atoms with van der Waals surface area (Å²) in [6, 6.07) is 10.9. The lowest BCUT2D eigenvalue weighted by Gasteiger charge is -2.04. The van der Waals surface area contributed by atoms with Gasteiger partial charge in [-0.15, -0.1) is 0 Å². The van der Waals surface area contributed by atoms with E-state index >= 15 is 0 Å². The largest absolute Gasteiger partial charge is 0.459 e. The lowest BCUT2D eigenvalue weighted by atomic mass is 10.1. The SMILES string of the molecule is CNc1nc2oc(-c3cccc(CNC(=O)c4ccco4)c3)nc2c2c1ncn2C. The summed E-state index contributed by atoms with van der Waals surface area (Å²) in [6.45, 7) is 0.349. The molecule has 0 saturated carbocycles. The zero-order chi connectivity index (χ0) is 20.7. The van der Waals surface area contributed by atoms with Gasteiger partial charge in [0, 0.05) is 26.2 Å². The maximum atomic E-state index is 12.1. The molecule has 4 aromatic heterocycles. The Bertz CT molecular complexity index is 1370. The lowest BCUT2D eigenvalue weighted by molar-refractivity contribution is 0.0923. The fourth-order valence-electron chi connectivity index (χ4n) is 3.37. The quantitative estimate of drug-likeness (QED) is 0.464. The first-order chi connectivity index (χ1) is 14.6. The van der Waals surface area contributed by atoms with Gasteiger partial charge in [0.15, 0.2) is 17.1 Å². The van der Waals surface area contributed by atoms with Gasteiger partial charge in [0.05, 0.1) is 12.6 Å². The molecule has 9 nitrogen and oxygen atoms in total. The van der Waals surface area contributed by atoms with Crippen molar-refractivity contribution in [2.45, 2.75) is 6.54 Å². The number of fused-ring (bicyclic) bond motifs is 3. The summed E-state index contributed by atoms with van der Waals surface area (Å²) in [5, 5.41) is 5.88. The third-order valence-electron chi connectivity index (χ3n) is 4.82. The molecule has 150 valence electrons. The van der Waals surface area contributed by atoms with Crippen molar-refractivity contribution in [1.82, 2.24) is 24.8 Å². The topological polar surface area (TPSA) is 111 Å². The van der Waals surface area contributed by atoms with Crippen molar-refractivity contribution in [2.24, 2.45) is 7.05 Å². The number of furan rings is 1. The van der Waals surface area contributed by atoms with Crippen LogP contribution >= 0.6 is 0 Å². The molecule has 30 heavy (non-hydrogen) atoms. The van der Waals surface area contributed by atoms with Crippen LogP contribution in [0.5, 0.6) is 0 Å². The second-order valence-corrected chi connectivity index (χ2v) is 6.80. The molecule has 5 aromatic rings. The van der Waals surface area contributed by atoms with Gasteiger partial charge >= 0.3 is 0 Å². The molecule has 0 bridgehead atoms. The Morgan fingerprint density at radius 3 is 2.87 bits per heavy atom. The van der Waals surface area contributed by atoms with Gasteiger partial charge in [0.25, 0.3) is 11.6 Å². The second kappa shape index (κ2) is 7.03. The van der Waals surface area contributed by atoms with Crippen LogP contribution in [-0.4, -0.2) is 32.5 Å². The number of nitrogens with zero attached hydrogens (tertiary/aromatic N) is 4. The number of nitrogens with one attached hydrogen (secondary N) is 2. The summed E-state index contributed by atoms with van der Waals surface area (Å²) in [7, 11) is 3.70. The smallest absolute Gasteiger partial charge is 0.287 e. The van der Waals surface area contributed by atoms with Crippen LogP contribution in [0.1, 0.15) is 16.1 Å². The van der Waals surface area contributed by atoms with Gasteiger partial charge in [0.1, 0.15) is 11.0 Å². The highest BCUT2D eigenvalue weighted by Gasteiger charge is 2.18. The van der Waals surface area contributed by atoms with Crippen LogP contribution in [0.2, 0.25) is 0 Å². The second-order valence-electron chi connectivity index (χ2n) is 6.80. The normalized spacial score (nSPS) is 11.3. The third-order valence-corrected chi connectivity index (χ3v) is 4.82. The molecule has 4 heterocycles. The van der Waals surface area contributed by atoms with Gasteiger partial charge in [-0.2, -0.15) is 4.98 Å². The molecule has 0 aliphatic carbocycles. The first kappa shape index (κ1) is 17.9. The van der Waals surface area contributed by atoms with Crippen LogP contribution in [0.25, 0.3) is 33.7 Å². The van der Waals surface area contributed by atoms with Gasteiger partial charge in [-0.05, 0) is 29.8 Å². The van der Waals surface area contributed by atoms with Crippen molar-refractivity contribution in [2.75, 3.05) is 12.4 Å². The van der Waals surface area contributed by atoms with Crippen LogP contribution in [-0.2, 0) is 13.6 Å². The van der Waals surface area contributed by atoms with Crippen molar-refractivity contribution in [1.29, 1.82) is 0 Å². The monoisotopic (exact) mass is 402 g/mol. The van der Waals surface area contributed by atoms with Crippen LogP contribution in [0.4, 0.5) is 5.82 Å². The molecule has 0 unspecified atom stereocenters. The first-order valence-electron chi connectivity index (χ1n) is 9.34. The van der Waals surface area contributed by atoms with Crippen molar-refractivity contribution < 1.29 is 13.6 Å². The Labute approximate surface area is 170 Å². The van der Waals surface area contributed by atoms with E-state index in [1.54, 1.807) is 25.5 Å². The molecule has 5 rings (SSSR count). The van der Waals surface area contributed by atoms with E-state index in [1.807, 2.05) is 35.9 Å². The number of anilines is 1. The number of amides is 1. The number of imidazole rings is 1. The van der Waals surface area contributed by atoms with Crippen LogP contribution < -0.4 is 10.6 Å². The van der Waals surface area contributed by atoms with Crippen molar-refractivity contribution in [3.05, 3.63) is 60.3 Å². The number of benzene rings is 1. The molecule has 0 spiro atoms. The zero-order valence-corrected chi connectivity index (χ0v) is 16.3. The van der Waals surface area contributed by atoms with E-state index in [4.69, 9.17) is 8.83 Å². The Morgan fingerprint density at radius 2 is 2.07 bits per heavy atom. The molecule has 0 radical (unpaired) electrons. The predicted octanol–water partition coefficient (Wildman–Crippen LogP) is 3.34. The molecule has 2 N–H and O–H groups in total. The molecule has 0 aliphatic rings. The van der Waals surface area contributed by atoms with Gasteiger partial charge in [-0.25, -0.2) is 9.97 Å². The highest BCUT2D eigenvalue weighted by atomic mass is 16.4. The Kier molecular flexibility index (Phi) is 4.20. The summed E-state index contributed by atoms with van der Waals surface area (Å²) in [4.78, 5) is 25.7. The average molecular weight is 402 g/mol. The van der Waals surface area contributed by atoms with Crippen LogP contribution in [0.15, 0.2) is 57.8 Å². The molecular weight excluding hydrogens is 384 g/mol. The Hall–Kier alpha value is -4.14. The number of aryl methyl sites for hydroxylation is 1. The molecule has 9 heteroatoms. The summed E-state index contributed by atoms with van der Waals surface area (Å²) in [5.74, 6) is 1.09. The van der Waals surface area contributed by atoms with E-state index in [9.17, 15) is 4.79 Å². The standard InChI is InChI=1S/C21H18N6O3/c1-22-18-15-17(27(2)11-24-15)16-21(26-18)30-20(25-16)13-6-3-5-12(9-13)10-23-19(28)14-7-4-8-29-14/h3-9,11H,10H2,1-2H3,(H,22,26)(H,23,28). The highest BCUT2D eigenvalue weighted by Crippen LogP contribution is 2.31. The van der Waals surface area contributed by atoms with E-state index in [0.29, 0.717) is 29.5 Å². The van der Waals surface area contributed by atoms with Crippen LogP contribution in [0.3, 0.4) is 0 Å². The number of carbonyl (C=O) groups excluding carboxylic acids is 1. The van der Waals surface area contributed by atoms with Crippen molar-refractivity contribution in [3.63, 3.8) is 0 Å². The average Bonchev–Trinajstić information content (AvgIpc) is 3.51. The molecule has 1 aromatic carbocycles. The van der Waals surface area contributed by atoms with Gasteiger partial charge in [-0.1, -0.05) is 12.1 Å². The molecular formula is C21H18N6O3. The van der Waals surface area contributed by atoms with E-state index in [-0.39, 0.29) is 11.7 Å². The van der Waals surface area contributed by atoms with E-state index in [0.717, 1.165) is 22.2 Å². The number of hydrogen-bond donors (Lipinski definition) is 2. The third kappa shape index (κ3) is 2.96. The molecule has 0 atom stereocenters. The summed E-state index contributed by atoms with van der Waals surface area (Å²) >= 11 is 0. The summed E-state index contributed by atoms with van der Waals surface area (Å²) in [6.07, 6.45) is 3.19. The van der Waals surface area contributed by atoms with Gasteiger partial charge in [-0.3, -0.25) is 4.79 Å². The first-order valence-corrected chi connectivity index (χ1v) is 9.34. The van der Waals surface area contributed by atoms with Gasteiger partial charge < -0.3 is 24.0 Å². The minimum atomic E-state index is -0.269. The lowest BCUT2D eigenvalue weighted by Crippen LogP contribution is -2.22. The number of hydrogen-bond acceptors (Lipinski definition) is 7. The predicted molar refractivity (Wildman–Crippen MR) is 111 cm³/mol. The Morgan fingerprint density at radius 1 is 1.17 bits per heavy atom.